The Hall–Kier alpha value is -1.79. The third-order valence-corrected chi connectivity index (χ3v) is 3.39. The van der Waals surface area contributed by atoms with Crippen molar-refractivity contribution in [1.29, 1.82) is 0 Å². The summed E-state index contributed by atoms with van der Waals surface area (Å²) in [6.07, 6.45) is 4.50. The zero-order valence-electron chi connectivity index (χ0n) is 9.70. The molecular weight excluding hydrogens is 250 g/mol. The SMILES string of the molecule is O=[N+]([O-])c1cc(CNCCc2cccnc2)cs1. The molecule has 0 bridgehead atoms. The highest BCUT2D eigenvalue weighted by molar-refractivity contribution is 7.13. The summed E-state index contributed by atoms with van der Waals surface area (Å²) in [7, 11) is 0. The van der Waals surface area contributed by atoms with E-state index in [2.05, 4.69) is 10.3 Å². The van der Waals surface area contributed by atoms with Gasteiger partial charge in [0.2, 0.25) is 0 Å². The van der Waals surface area contributed by atoms with Crippen LogP contribution in [0.25, 0.3) is 0 Å². The largest absolute Gasteiger partial charge is 0.324 e. The molecule has 0 aromatic carbocycles. The molecule has 6 heteroatoms. The van der Waals surface area contributed by atoms with E-state index in [0.29, 0.717) is 6.54 Å². The highest BCUT2D eigenvalue weighted by Crippen LogP contribution is 2.22. The lowest BCUT2D eigenvalue weighted by molar-refractivity contribution is -0.380. The van der Waals surface area contributed by atoms with E-state index in [-0.39, 0.29) is 9.92 Å². The molecule has 2 aromatic heterocycles. The molecular formula is C12H13N3O2S. The number of rotatable bonds is 6. The Balaban J connectivity index is 1.73. The highest BCUT2D eigenvalue weighted by Gasteiger charge is 2.08. The van der Waals surface area contributed by atoms with Crippen LogP contribution in [0.2, 0.25) is 0 Å². The van der Waals surface area contributed by atoms with Crippen molar-refractivity contribution in [2.24, 2.45) is 0 Å². The summed E-state index contributed by atoms with van der Waals surface area (Å²) in [5.74, 6) is 0. The van der Waals surface area contributed by atoms with E-state index >= 15 is 0 Å². The first kappa shape index (κ1) is 12.7. The lowest BCUT2D eigenvalue weighted by Gasteiger charge is -2.02. The molecule has 2 aromatic rings. The summed E-state index contributed by atoms with van der Waals surface area (Å²) in [6.45, 7) is 1.49. The Kier molecular flexibility index (Phi) is 4.38. The average Bonchev–Trinajstić information content (AvgIpc) is 2.85. The van der Waals surface area contributed by atoms with E-state index in [0.717, 1.165) is 29.9 Å². The zero-order chi connectivity index (χ0) is 12.8. The Bertz CT molecular complexity index is 513. The molecule has 0 amide bonds. The maximum Gasteiger partial charge on any atom is 0.324 e. The number of nitro groups is 1. The van der Waals surface area contributed by atoms with Crippen molar-refractivity contribution >= 4 is 16.3 Å². The average molecular weight is 263 g/mol. The van der Waals surface area contributed by atoms with Gasteiger partial charge in [-0.15, -0.1) is 0 Å². The van der Waals surface area contributed by atoms with Crippen LogP contribution in [-0.4, -0.2) is 16.5 Å². The molecule has 2 rings (SSSR count). The molecule has 0 aliphatic heterocycles. The molecule has 0 unspecified atom stereocenters. The second-order valence-electron chi connectivity index (χ2n) is 3.84. The van der Waals surface area contributed by atoms with Crippen molar-refractivity contribution in [3.63, 3.8) is 0 Å². The van der Waals surface area contributed by atoms with E-state index in [1.54, 1.807) is 12.3 Å². The molecule has 0 fully saturated rings. The fourth-order valence-electron chi connectivity index (χ4n) is 1.56. The second kappa shape index (κ2) is 6.23. The van der Waals surface area contributed by atoms with Crippen molar-refractivity contribution < 1.29 is 4.92 Å². The molecule has 5 nitrogen and oxygen atoms in total. The van der Waals surface area contributed by atoms with Crippen molar-refractivity contribution in [1.82, 2.24) is 10.3 Å². The number of nitrogens with one attached hydrogen (secondary N) is 1. The maximum atomic E-state index is 10.5. The first-order chi connectivity index (χ1) is 8.75. The fraction of sp³-hybridized carbons (Fsp3) is 0.250. The molecule has 0 atom stereocenters. The number of hydrogen-bond acceptors (Lipinski definition) is 5. The van der Waals surface area contributed by atoms with Crippen LogP contribution in [0.15, 0.2) is 36.0 Å². The number of aromatic nitrogens is 1. The van der Waals surface area contributed by atoms with Crippen LogP contribution < -0.4 is 5.32 Å². The summed E-state index contributed by atoms with van der Waals surface area (Å²) >= 11 is 1.16. The molecule has 1 N–H and O–H groups in total. The van der Waals surface area contributed by atoms with Crippen LogP contribution >= 0.6 is 11.3 Å². The molecule has 94 valence electrons. The summed E-state index contributed by atoms with van der Waals surface area (Å²) in [4.78, 5) is 14.2. The quantitative estimate of drug-likeness (QED) is 0.493. The van der Waals surface area contributed by atoms with Gasteiger partial charge in [0.1, 0.15) is 0 Å². The van der Waals surface area contributed by atoms with Crippen molar-refractivity contribution in [2.45, 2.75) is 13.0 Å². The van der Waals surface area contributed by atoms with Gasteiger partial charge in [-0.2, -0.15) is 0 Å². The van der Waals surface area contributed by atoms with E-state index in [1.807, 2.05) is 23.7 Å². The Morgan fingerprint density at radius 3 is 3.00 bits per heavy atom. The Labute approximate surface area is 109 Å². The molecule has 0 spiro atoms. The van der Waals surface area contributed by atoms with E-state index in [9.17, 15) is 10.1 Å². The van der Waals surface area contributed by atoms with Gasteiger partial charge in [0.05, 0.1) is 4.92 Å². The Morgan fingerprint density at radius 2 is 2.33 bits per heavy atom. The minimum absolute atomic E-state index is 0.194. The Morgan fingerprint density at radius 1 is 1.44 bits per heavy atom. The summed E-state index contributed by atoms with van der Waals surface area (Å²) in [5.41, 5.74) is 2.14. The number of nitrogens with zero attached hydrogens (tertiary/aromatic N) is 2. The van der Waals surface area contributed by atoms with Crippen LogP contribution in [0.3, 0.4) is 0 Å². The monoisotopic (exact) mass is 263 g/mol. The minimum atomic E-state index is -0.357. The summed E-state index contributed by atoms with van der Waals surface area (Å²) in [5, 5.41) is 15.8. The number of pyridine rings is 1. The van der Waals surface area contributed by atoms with Crippen molar-refractivity contribution in [3.05, 3.63) is 57.2 Å². The van der Waals surface area contributed by atoms with Gasteiger partial charge in [0.25, 0.3) is 0 Å². The zero-order valence-corrected chi connectivity index (χ0v) is 10.5. The minimum Gasteiger partial charge on any atom is -0.312 e. The predicted octanol–water partition coefficient (Wildman–Crippen LogP) is 2.38. The van der Waals surface area contributed by atoms with Gasteiger partial charge in [0.15, 0.2) is 0 Å². The summed E-state index contributed by atoms with van der Waals surface area (Å²) in [6, 6.07) is 5.56. The highest BCUT2D eigenvalue weighted by atomic mass is 32.1. The van der Waals surface area contributed by atoms with E-state index in [4.69, 9.17) is 0 Å². The normalized spacial score (nSPS) is 10.4. The third kappa shape index (κ3) is 3.61. The predicted molar refractivity (Wildman–Crippen MR) is 70.6 cm³/mol. The maximum absolute atomic E-state index is 10.5. The van der Waals surface area contributed by atoms with Gasteiger partial charge in [-0.05, 0) is 30.2 Å². The molecule has 0 radical (unpaired) electrons. The molecule has 0 aliphatic rings. The van der Waals surface area contributed by atoms with Gasteiger partial charge in [-0.1, -0.05) is 17.4 Å². The van der Waals surface area contributed by atoms with Crippen LogP contribution in [0.5, 0.6) is 0 Å². The third-order valence-electron chi connectivity index (χ3n) is 2.46. The first-order valence-corrected chi connectivity index (χ1v) is 6.45. The summed E-state index contributed by atoms with van der Waals surface area (Å²) < 4.78 is 0. The topological polar surface area (TPSA) is 68.1 Å². The van der Waals surface area contributed by atoms with E-state index < -0.39 is 0 Å². The van der Waals surface area contributed by atoms with Gasteiger partial charge in [-0.3, -0.25) is 15.1 Å². The molecule has 0 saturated heterocycles. The standard InChI is InChI=1S/C12H13N3O2S/c16-15(17)12-6-11(9-18-12)8-14-5-3-10-2-1-4-13-7-10/h1-2,4,6-7,9,14H,3,5,8H2. The van der Waals surface area contributed by atoms with Gasteiger partial charge >= 0.3 is 5.00 Å². The van der Waals surface area contributed by atoms with Crippen LogP contribution in [0.1, 0.15) is 11.1 Å². The number of thiophene rings is 1. The first-order valence-electron chi connectivity index (χ1n) is 5.57. The molecule has 18 heavy (non-hydrogen) atoms. The van der Waals surface area contributed by atoms with Crippen molar-refractivity contribution in [2.75, 3.05) is 6.54 Å². The molecule has 0 aliphatic carbocycles. The smallest absolute Gasteiger partial charge is 0.312 e. The van der Waals surface area contributed by atoms with Crippen molar-refractivity contribution in [3.8, 4) is 0 Å². The van der Waals surface area contributed by atoms with Gasteiger partial charge < -0.3 is 5.32 Å². The van der Waals surface area contributed by atoms with Crippen LogP contribution in [0, 0.1) is 10.1 Å². The lowest BCUT2D eigenvalue weighted by Crippen LogP contribution is -2.16. The van der Waals surface area contributed by atoms with Gasteiger partial charge in [-0.25, -0.2) is 0 Å². The lowest BCUT2D eigenvalue weighted by atomic mass is 10.2. The van der Waals surface area contributed by atoms with Crippen LogP contribution in [-0.2, 0) is 13.0 Å². The van der Waals surface area contributed by atoms with Gasteiger partial charge in [0, 0.05) is 30.4 Å². The molecule has 0 saturated carbocycles. The second-order valence-corrected chi connectivity index (χ2v) is 4.73. The van der Waals surface area contributed by atoms with E-state index in [1.165, 1.54) is 5.56 Å². The van der Waals surface area contributed by atoms with Crippen LogP contribution in [0.4, 0.5) is 5.00 Å². The number of hydrogen-bond donors (Lipinski definition) is 1. The molecule has 2 heterocycles. The fourth-order valence-corrected chi connectivity index (χ4v) is 2.29.